The second-order valence-corrected chi connectivity index (χ2v) is 1.71. The summed E-state index contributed by atoms with van der Waals surface area (Å²) in [7, 11) is 0. The smallest absolute Gasteiger partial charge is 0.182 e. The molecule has 0 spiro atoms. The number of pyridine rings is 1. The molecule has 1 rings (SSSR count). The van der Waals surface area contributed by atoms with Gasteiger partial charge in [-0.25, -0.2) is 4.98 Å². The maximum absolute atomic E-state index is 8.16. The first-order chi connectivity index (χ1) is 4.83. The van der Waals surface area contributed by atoms with Gasteiger partial charge in [-0.2, -0.15) is 5.26 Å². The van der Waals surface area contributed by atoms with Gasteiger partial charge in [-0.15, -0.1) is 0 Å². The van der Waals surface area contributed by atoms with E-state index < -0.39 is 0 Å². The highest BCUT2D eigenvalue weighted by Gasteiger charge is 1.88. The molecule has 4 heteroatoms. The van der Waals surface area contributed by atoms with Crippen LogP contribution in [0.15, 0.2) is 18.3 Å². The third-order valence-electron chi connectivity index (χ3n) is 0.970. The number of hydrogen-bond donors (Lipinski definition) is 2. The molecule has 3 N–H and O–H groups in total. The highest BCUT2D eigenvalue weighted by molar-refractivity contribution is 5.45. The highest BCUT2D eigenvalue weighted by Crippen LogP contribution is 2.04. The molecule has 1 aromatic heterocycles. The third-order valence-corrected chi connectivity index (χ3v) is 0.970. The quantitative estimate of drug-likeness (QED) is 0.434. The predicted octanol–water partition coefficient (Wildman–Crippen LogP) is 0.557. The molecule has 0 saturated heterocycles. The van der Waals surface area contributed by atoms with Gasteiger partial charge in [-0.3, -0.25) is 5.32 Å². The minimum Gasteiger partial charge on any atom is -0.397 e. The third kappa shape index (κ3) is 1.36. The van der Waals surface area contributed by atoms with Crippen LogP contribution in [-0.2, 0) is 0 Å². The Morgan fingerprint density at radius 1 is 1.60 bits per heavy atom. The van der Waals surface area contributed by atoms with Gasteiger partial charge in [0.1, 0.15) is 5.82 Å². The van der Waals surface area contributed by atoms with Crippen LogP contribution >= 0.6 is 0 Å². The molecule has 0 bridgehead atoms. The van der Waals surface area contributed by atoms with Crippen molar-refractivity contribution in [3.05, 3.63) is 18.3 Å². The van der Waals surface area contributed by atoms with Gasteiger partial charge in [0.15, 0.2) is 6.19 Å². The van der Waals surface area contributed by atoms with Crippen LogP contribution in [0.5, 0.6) is 0 Å². The van der Waals surface area contributed by atoms with E-state index in [0.29, 0.717) is 11.5 Å². The Morgan fingerprint density at radius 3 is 2.90 bits per heavy atom. The molecule has 0 aliphatic heterocycles. The van der Waals surface area contributed by atoms with E-state index in [0.717, 1.165) is 0 Å². The molecule has 4 nitrogen and oxygen atoms in total. The number of hydrogen-bond acceptors (Lipinski definition) is 4. The van der Waals surface area contributed by atoms with Gasteiger partial charge >= 0.3 is 0 Å². The van der Waals surface area contributed by atoms with E-state index in [1.54, 1.807) is 18.3 Å². The molecule has 10 heavy (non-hydrogen) atoms. The van der Waals surface area contributed by atoms with Gasteiger partial charge in [0, 0.05) is 0 Å². The molecule has 0 fully saturated rings. The molecule has 0 radical (unpaired) electrons. The average Bonchev–Trinajstić information content (AvgIpc) is 1.95. The number of aromatic nitrogens is 1. The van der Waals surface area contributed by atoms with Crippen LogP contribution < -0.4 is 11.1 Å². The van der Waals surface area contributed by atoms with E-state index >= 15 is 0 Å². The normalized spacial score (nSPS) is 8.30. The second kappa shape index (κ2) is 2.69. The van der Waals surface area contributed by atoms with Crippen LogP contribution in [0.3, 0.4) is 0 Å². The van der Waals surface area contributed by atoms with Crippen molar-refractivity contribution in [2.75, 3.05) is 11.1 Å². The maximum Gasteiger partial charge on any atom is 0.182 e. The standard InChI is InChI=1S/C6H6N4/c7-4-10-6-2-1-5(8)3-9-6/h1-3H,8H2,(H,9,10). The summed E-state index contributed by atoms with van der Waals surface area (Å²) < 4.78 is 0. The molecule has 50 valence electrons. The van der Waals surface area contributed by atoms with E-state index in [1.165, 1.54) is 6.20 Å². The van der Waals surface area contributed by atoms with Gasteiger partial charge in [0.2, 0.25) is 0 Å². The van der Waals surface area contributed by atoms with Crippen molar-refractivity contribution in [2.45, 2.75) is 0 Å². The Kier molecular flexibility index (Phi) is 1.71. The minimum atomic E-state index is 0.511. The monoisotopic (exact) mass is 134 g/mol. The summed E-state index contributed by atoms with van der Waals surface area (Å²) in [5, 5.41) is 10.5. The van der Waals surface area contributed by atoms with Crippen LogP contribution in [0.2, 0.25) is 0 Å². The summed E-state index contributed by atoms with van der Waals surface area (Å²) in [6, 6.07) is 3.31. The molecular weight excluding hydrogens is 128 g/mol. The van der Waals surface area contributed by atoms with Crippen molar-refractivity contribution >= 4 is 11.5 Å². The number of nitrogen functional groups attached to an aromatic ring is 1. The zero-order chi connectivity index (χ0) is 7.40. The van der Waals surface area contributed by atoms with Crippen LogP contribution in [0, 0.1) is 11.5 Å². The number of nitrogens with one attached hydrogen (secondary N) is 1. The Bertz CT molecular complexity index is 245. The van der Waals surface area contributed by atoms with Crippen molar-refractivity contribution < 1.29 is 0 Å². The molecule has 0 aliphatic carbocycles. The number of rotatable bonds is 1. The molecule has 0 aliphatic rings. The van der Waals surface area contributed by atoms with E-state index in [4.69, 9.17) is 11.0 Å². The maximum atomic E-state index is 8.16. The van der Waals surface area contributed by atoms with Crippen molar-refractivity contribution in [1.29, 1.82) is 5.26 Å². The van der Waals surface area contributed by atoms with Gasteiger partial charge < -0.3 is 5.73 Å². The topological polar surface area (TPSA) is 74.7 Å². The number of nitriles is 1. The zero-order valence-corrected chi connectivity index (χ0v) is 5.20. The summed E-state index contributed by atoms with van der Waals surface area (Å²) >= 11 is 0. The summed E-state index contributed by atoms with van der Waals surface area (Å²) in [5.41, 5.74) is 5.94. The van der Waals surface area contributed by atoms with Crippen molar-refractivity contribution in [3.8, 4) is 6.19 Å². The molecular formula is C6H6N4. The highest BCUT2D eigenvalue weighted by atomic mass is 15.0. The fourth-order valence-corrected chi connectivity index (χ4v) is 0.537. The second-order valence-electron chi connectivity index (χ2n) is 1.71. The van der Waals surface area contributed by atoms with E-state index in [9.17, 15) is 0 Å². The summed E-state index contributed by atoms with van der Waals surface area (Å²) in [4.78, 5) is 3.81. The van der Waals surface area contributed by atoms with Crippen molar-refractivity contribution in [1.82, 2.24) is 4.98 Å². The predicted molar refractivity (Wildman–Crippen MR) is 37.9 cm³/mol. The summed E-state index contributed by atoms with van der Waals surface area (Å²) in [6.07, 6.45) is 3.24. The lowest BCUT2D eigenvalue weighted by Crippen LogP contribution is -1.92. The molecule has 1 heterocycles. The van der Waals surface area contributed by atoms with Gasteiger partial charge in [0.25, 0.3) is 0 Å². The number of nitrogens with two attached hydrogens (primary N) is 1. The first-order valence-electron chi connectivity index (χ1n) is 2.69. The first kappa shape index (κ1) is 6.36. The fourth-order valence-electron chi connectivity index (χ4n) is 0.537. The van der Waals surface area contributed by atoms with Gasteiger partial charge in [-0.05, 0) is 12.1 Å². The summed E-state index contributed by atoms with van der Waals surface area (Å²) in [6.45, 7) is 0. The molecule has 1 aromatic rings. The average molecular weight is 134 g/mol. The van der Waals surface area contributed by atoms with Gasteiger partial charge in [-0.1, -0.05) is 0 Å². The first-order valence-corrected chi connectivity index (χ1v) is 2.69. The van der Waals surface area contributed by atoms with Crippen LogP contribution in [0.1, 0.15) is 0 Å². The number of nitrogens with zero attached hydrogens (tertiary/aromatic N) is 2. The Hall–Kier alpha value is -1.76. The molecule has 0 aromatic carbocycles. The Balaban J connectivity index is 2.81. The summed E-state index contributed by atoms with van der Waals surface area (Å²) in [5.74, 6) is 0.511. The van der Waals surface area contributed by atoms with Crippen molar-refractivity contribution in [3.63, 3.8) is 0 Å². The zero-order valence-electron chi connectivity index (χ0n) is 5.20. The van der Waals surface area contributed by atoms with Crippen LogP contribution in [-0.4, -0.2) is 4.98 Å². The molecule has 0 unspecified atom stereocenters. The minimum absolute atomic E-state index is 0.511. The lowest BCUT2D eigenvalue weighted by Gasteiger charge is -1.94. The Morgan fingerprint density at radius 2 is 2.40 bits per heavy atom. The SMILES string of the molecule is N#CNc1ccc(N)cn1. The molecule has 0 amide bonds. The lowest BCUT2D eigenvalue weighted by atomic mass is 10.4. The Labute approximate surface area is 58.3 Å². The number of anilines is 2. The van der Waals surface area contributed by atoms with Crippen molar-refractivity contribution in [2.24, 2.45) is 0 Å². The largest absolute Gasteiger partial charge is 0.397 e. The van der Waals surface area contributed by atoms with Crippen LogP contribution in [0.25, 0.3) is 0 Å². The van der Waals surface area contributed by atoms with E-state index in [-0.39, 0.29) is 0 Å². The lowest BCUT2D eigenvalue weighted by molar-refractivity contribution is 1.31. The van der Waals surface area contributed by atoms with E-state index in [1.807, 2.05) is 0 Å². The molecule has 0 atom stereocenters. The molecule has 0 saturated carbocycles. The van der Waals surface area contributed by atoms with Gasteiger partial charge in [0.05, 0.1) is 11.9 Å². The fraction of sp³-hybridized carbons (Fsp3) is 0. The van der Waals surface area contributed by atoms with E-state index in [2.05, 4.69) is 10.3 Å². The van der Waals surface area contributed by atoms with Crippen LogP contribution in [0.4, 0.5) is 11.5 Å².